The molecule has 0 aliphatic carbocycles. The molecule has 0 atom stereocenters. The van der Waals surface area contributed by atoms with Gasteiger partial charge in [-0.25, -0.2) is 0 Å². The molecule has 0 aromatic heterocycles. The number of hydrogen-bond donors (Lipinski definition) is 1. The van der Waals surface area contributed by atoms with Crippen LogP contribution in [0.25, 0.3) is 0 Å². The minimum atomic E-state index is -0.220. The van der Waals surface area contributed by atoms with Crippen LogP contribution in [0.2, 0.25) is 10.0 Å². The van der Waals surface area contributed by atoms with Gasteiger partial charge in [0.05, 0.1) is 10.6 Å². The Morgan fingerprint density at radius 1 is 1.21 bits per heavy atom. The highest BCUT2D eigenvalue weighted by molar-refractivity contribution is 6.34. The molecular weight excluding hydrogens is 395 g/mol. The minimum Gasteiger partial charge on any atom is -0.453 e. The molecule has 28 heavy (non-hydrogen) atoms. The third-order valence-corrected chi connectivity index (χ3v) is 4.95. The second-order valence-corrected chi connectivity index (χ2v) is 7.06. The number of aryl methyl sites for hydroxylation is 1. The lowest BCUT2D eigenvalue weighted by Gasteiger charge is -2.30. The summed E-state index contributed by atoms with van der Waals surface area (Å²) >= 11 is 12.2. The van der Waals surface area contributed by atoms with Crippen LogP contribution in [0.15, 0.2) is 78.7 Å². The van der Waals surface area contributed by atoms with Gasteiger partial charge in [-0.1, -0.05) is 54.1 Å². The maximum absolute atomic E-state index is 13.4. The monoisotopic (exact) mass is 414 g/mol. The fraction of sp³-hybridized carbons (Fsp3) is 0.136. The van der Waals surface area contributed by atoms with Gasteiger partial charge < -0.3 is 15.4 Å². The standard InChI is InChI=1S/C22H20Cl2N2O2/c1-2-6-17(21(14-25)28-20-13-16(23)10-11-18(20)24)22(27)26-12-5-8-15-7-3-4-9-19(15)26/h2-4,6-7,9-11,13-14H,1,5,8,12,25H2/b17-6+,21-14+. The number of fused-ring (bicyclic) bond motifs is 1. The molecule has 2 aromatic rings. The molecule has 3 rings (SSSR count). The zero-order valence-corrected chi connectivity index (χ0v) is 16.7. The van der Waals surface area contributed by atoms with Crippen molar-refractivity contribution in [3.8, 4) is 5.75 Å². The molecule has 0 saturated carbocycles. The smallest absolute Gasteiger partial charge is 0.262 e. The van der Waals surface area contributed by atoms with Gasteiger partial charge in [-0.15, -0.1) is 0 Å². The summed E-state index contributed by atoms with van der Waals surface area (Å²) in [6, 6.07) is 12.7. The third kappa shape index (κ3) is 4.24. The van der Waals surface area contributed by atoms with Crippen LogP contribution in [0.3, 0.4) is 0 Å². The van der Waals surface area contributed by atoms with Crippen LogP contribution in [0.4, 0.5) is 5.69 Å². The summed E-state index contributed by atoms with van der Waals surface area (Å²) in [5, 5.41) is 0.818. The van der Waals surface area contributed by atoms with E-state index in [4.69, 9.17) is 33.7 Å². The number of carbonyl (C=O) groups is 1. The van der Waals surface area contributed by atoms with E-state index in [-0.39, 0.29) is 17.2 Å². The van der Waals surface area contributed by atoms with Crippen molar-refractivity contribution in [2.75, 3.05) is 11.4 Å². The van der Waals surface area contributed by atoms with E-state index in [1.165, 1.54) is 12.3 Å². The summed E-state index contributed by atoms with van der Waals surface area (Å²) < 4.78 is 5.85. The van der Waals surface area contributed by atoms with E-state index >= 15 is 0 Å². The minimum absolute atomic E-state index is 0.178. The predicted octanol–water partition coefficient (Wildman–Crippen LogP) is 5.26. The Morgan fingerprint density at radius 3 is 2.75 bits per heavy atom. The first-order chi connectivity index (χ1) is 13.5. The Kier molecular flexibility index (Phi) is 6.45. The van der Waals surface area contributed by atoms with Crippen molar-refractivity contribution in [2.45, 2.75) is 12.8 Å². The maximum Gasteiger partial charge on any atom is 0.262 e. The summed E-state index contributed by atoms with van der Waals surface area (Å²) in [4.78, 5) is 15.1. The highest BCUT2D eigenvalue weighted by Gasteiger charge is 2.27. The molecule has 0 saturated heterocycles. The Balaban J connectivity index is 1.95. The molecule has 1 aliphatic rings. The number of benzene rings is 2. The van der Waals surface area contributed by atoms with Gasteiger partial charge in [0.1, 0.15) is 5.75 Å². The van der Waals surface area contributed by atoms with Gasteiger partial charge >= 0.3 is 0 Å². The molecule has 0 unspecified atom stereocenters. The van der Waals surface area contributed by atoms with Crippen LogP contribution >= 0.6 is 23.2 Å². The zero-order chi connectivity index (χ0) is 20.1. The van der Waals surface area contributed by atoms with Gasteiger partial charge in [0.2, 0.25) is 0 Å². The number of nitrogens with zero attached hydrogens (tertiary/aromatic N) is 1. The van der Waals surface area contributed by atoms with Gasteiger partial charge in [-0.2, -0.15) is 0 Å². The first-order valence-corrected chi connectivity index (χ1v) is 9.58. The number of rotatable bonds is 5. The first kappa shape index (κ1) is 20.1. The molecule has 4 nitrogen and oxygen atoms in total. The molecule has 6 heteroatoms. The normalized spacial score (nSPS) is 14.4. The Labute approximate surface area is 174 Å². The first-order valence-electron chi connectivity index (χ1n) is 8.82. The number of amides is 1. The highest BCUT2D eigenvalue weighted by atomic mass is 35.5. The number of halogens is 2. The summed E-state index contributed by atoms with van der Waals surface area (Å²) in [6.07, 6.45) is 6.16. The van der Waals surface area contributed by atoms with Crippen molar-refractivity contribution in [3.63, 3.8) is 0 Å². The van der Waals surface area contributed by atoms with Crippen LogP contribution in [-0.2, 0) is 11.2 Å². The molecule has 0 fully saturated rings. The van der Waals surface area contributed by atoms with Crippen LogP contribution in [0.1, 0.15) is 12.0 Å². The summed E-state index contributed by atoms with van der Waals surface area (Å²) in [7, 11) is 0. The second-order valence-electron chi connectivity index (χ2n) is 6.21. The van der Waals surface area contributed by atoms with Crippen LogP contribution in [0, 0.1) is 0 Å². The number of allylic oxidation sites excluding steroid dienone is 2. The van der Waals surface area contributed by atoms with Crippen molar-refractivity contribution in [1.29, 1.82) is 0 Å². The van der Waals surface area contributed by atoms with Gasteiger partial charge in [-0.05, 0) is 42.7 Å². The third-order valence-electron chi connectivity index (χ3n) is 4.40. The molecule has 1 amide bonds. The topological polar surface area (TPSA) is 55.6 Å². The number of para-hydroxylation sites is 1. The number of hydrogen-bond acceptors (Lipinski definition) is 3. The lowest BCUT2D eigenvalue weighted by molar-refractivity contribution is -0.115. The molecule has 1 aliphatic heterocycles. The zero-order valence-electron chi connectivity index (χ0n) is 15.2. The van der Waals surface area contributed by atoms with E-state index in [1.54, 1.807) is 29.2 Å². The summed E-state index contributed by atoms with van der Waals surface area (Å²) in [6.45, 7) is 4.32. The largest absolute Gasteiger partial charge is 0.453 e. The molecule has 0 radical (unpaired) electrons. The lowest BCUT2D eigenvalue weighted by Crippen LogP contribution is -2.37. The average molecular weight is 415 g/mol. The molecule has 1 heterocycles. The fourth-order valence-electron chi connectivity index (χ4n) is 3.12. The van der Waals surface area contributed by atoms with Gasteiger partial charge in [0.15, 0.2) is 5.76 Å². The summed E-state index contributed by atoms with van der Waals surface area (Å²) in [5.74, 6) is 0.270. The van der Waals surface area contributed by atoms with Gasteiger partial charge in [0.25, 0.3) is 5.91 Å². The van der Waals surface area contributed by atoms with Crippen LogP contribution < -0.4 is 15.4 Å². The lowest BCUT2D eigenvalue weighted by atomic mass is 10.0. The number of anilines is 1. The van der Waals surface area contributed by atoms with Crippen molar-refractivity contribution in [3.05, 3.63) is 94.3 Å². The van der Waals surface area contributed by atoms with E-state index in [0.29, 0.717) is 22.3 Å². The number of carbonyl (C=O) groups excluding carboxylic acids is 1. The van der Waals surface area contributed by atoms with E-state index < -0.39 is 0 Å². The van der Waals surface area contributed by atoms with E-state index in [1.807, 2.05) is 24.3 Å². The van der Waals surface area contributed by atoms with Crippen LogP contribution in [0.5, 0.6) is 5.75 Å². The Bertz CT molecular complexity index is 967. The van der Waals surface area contributed by atoms with E-state index in [2.05, 4.69) is 6.58 Å². The van der Waals surface area contributed by atoms with E-state index in [9.17, 15) is 4.79 Å². The number of ether oxygens (including phenoxy) is 1. The molecular formula is C22H20Cl2N2O2. The molecule has 0 spiro atoms. The Morgan fingerprint density at radius 2 is 2.00 bits per heavy atom. The second kappa shape index (κ2) is 9.00. The van der Waals surface area contributed by atoms with Crippen LogP contribution in [-0.4, -0.2) is 12.5 Å². The SMILES string of the molecule is C=C/C=C(C(=O)N1CCCc2ccccc21)\C(=C/N)Oc1cc(Cl)ccc1Cl. The van der Waals surface area contributed by atoms with Crippen molar-refractivity contribution < 1.29 is 9.53 Å². The van der Waals surface area contributed by atoms with Crippen molar-refractivity contribution in [2.24, 2.45) is 5.73 Å². The van der Waals surface area contributed by atoms with Gasteiger partial charge in [0, 0.05) is 29.5 Å². The van der Waals surface area contributed by atoms with E-state index in [0.717, 1.165) is 24.1 Å². The molecule has 144 valence electrons. The predicted molar refractivity (Wildman–Crippen MR) is 115 cm³/mol. The van der Waals surface area contributed by atoms with Crippen molar-refractivity contribution in [1.82, 2.24) is 0 Å². The number of nitrogens with two attached hydrogens (primary N) is 1. The Hall–Kier alpha value is -2.69. The quantitative estimate of drug-likeness (QED) is 0.412. The molecule has 2 N–H and O–H groups in total. The summed E-state index contributed by atoms with van der Waals surface area (Å²) in [5.41, 5.74) is 8.11. The van der Waals surface area contributed by atoms with Crippen molar-refractivity contribution >= 4 is 34.8 Å². The highest BCUT2D eigenvalue weighted by Crippen LogP contribution is 2.32. The molecule has 2 aromatic carbocycles. The molecule has 0 bridgehead atoms. The maximum atomic E-state index is 13.4. The average Bonchev–Trinajstić information content (AvgIpc) is 2.72. The van der Waals surface area contributed by atoms with Gasteiger partial charge in [-0.3, -0.25) is 4.79 Å². The fourth-order valence-corrected chi connectivity index (χ4v) is 3.44.